The second kappa shape index (κ2) is 5.75. The fraction of sp³-hybridized carbons (Fsp3) is 0.667. The lowest BCUT2D eigenvalue weighted by molar-refractivity contribution is -0.144. The normalized spacial score (nSPS) is 19.3. The maximum absolute atomic E-state index is 13.1. The summed E-state index contributed by atoms with van der Waals surface area (Å²) in [6.07, 6.45) is 3.28. The minimum absolute atomic E-state index is 0.00134. The van der Waals surface area contributed by atoms with Gasteiger partial charge in [-0.1, -0.05) is 13.8 Å². The van der Waals surface area contributed by atoms with Crippen LogP contribution in [0.2, 0.25) is 0 Å². The molecule has 2 heterocycles. The molecule has 2 rings (SSSR count). The Labute approximate surface area is 129 Å². The molecule has 0 aromatic carbocycles. The first-order chi connectivity index (χ1) is 9.87. The first-order valence-corrected chi connectivity index (χ1v) is 8.28. The SMILES string of the molecule is CCC1(CC)NC(=O)CCN(C(C)(C)c2nccs2)C1=O. The van der Waals surface area contributed by atoms with Gasteiger partial charge in [0.15, 0.2) is 0 Å². The molecule has 116 valence electrons. The number of nitrogens with one attached hydrogen (secondary N) is 1. The summed E-state index contributed by atoms with van der Waals surface area (Å²) in [5, 5.41) is 5.75. The van der Waals surface area contributed by atoms with Gasteiger partial charge in [0, 0.05) is 24.5 Å². The van der Waals surface area contributed by atoms with E-state index in [1.165, 1.54) is 11.3 Å². The van der Waals surface area contributed by atoms with Crippen LogP contribution in [0, 0.1) is 0 Å². The number of hydrogen-bond acceptors (Lipinski definition) is 4. The molecule has 1 saturated heterocycles. The molecule has 2 amide bonds. The number of carbonyl (C=O) groups is 2. The number of amides is 2. The molecule has 0 unspecified atom stereocenters. The molecule has 1 aliphatic heterocycles. The first kappa shape index (κ1) is 15.9. The van der Waals surface area contributed by atoms with Crippen molar-refractivity contribution < 1.29 is 9.59 Å². The van der Waals surface area contributed by atoms with Crippen molar-refractivity contribution in [3.63, 3.8) is 0 Å². The summed E-state index contributed by atoms with van der Waals surface area (Å²) < 4.78 is 0. The van der Waals surface area contributed by atoms with Gasteiger partial charge in [0.1, 0.15) is 10.5 Å². The number of rotatable bonds is 4. The summed E-state index contributed by atoms with van der Waals surface area (Å²) in [5.41, 5.74) is -1.30. The van der Waals surface area contributed by atoms with Crippen LogP contribution in [0.25, 0.3) is 0 Å². The minimum Gasteiger partial charge on any atom is -0.342 e. The number of aromatic nitrogens is 1. The molecule has 0 aliphatic carbocycles. The van der Waals surface area contributed by atoms with Gasteiger partial charge in [-0.2, -0.15) is 0 Å². The zero-order valence-corrected chi connectivity index (χ0v) is 13.9. The highest BCUT2D eigenvalue weighted by Crippen LogP contribution is 2.34. The van der Waals surface area contributed by atoms with Gasteiger partial charge in [-0.25, -0.2) is 4.98 Å². The van der Waals surface area contributed by atoms with Gasteiger partial charge in [0.25, 0.3) is 0 Å². The van der Waals surface area contributed by atoms with E-state index >= 15 is 0 Å². The van der Waals surface area contributed by atoms with E-state index < -0.39 is 11.1 Å². The molecule has 0 bridgehead atoms. The maximum atomic E-state index is 13.1. The lowest BCUT2D eigenvalue weighted by Crippen LogP contribution is -2.59. The van der Waals surface area contributed by atoms with Gasteiger partial charge in [-0.05, 0) is 26.7 Å². The molecular formula is C15H23N3O2S. The zero-order valence-electron chi connectivity index (χ0n) is 13.1. The standard InChI is InChI=1S/C15H23N3O2S/c1-5-15(6-2)13(20)18(9-7-11(19)17-15)14(3,4)12-16-8-10-21-12/h8,10H,5-7,9H2,1-4H3,(H,17,19). The third kappa shape index (κ3) is 2.69. The van der Waals surface area contributed by atoms with Gasteiger partial charge in [0.2, 0.25) is 11.8 Å². The molecule has 5 nitrogen and oxygen atoms in total. The molecule has 1 fully saturated rings. The summed E-state index contributed by atoms with van der Waals surface area (Å²) >= 11 is 1.54. The highest BCUT2D eigenvalue weighted by atomic mass is 32.1. The highest BCUT2D eigenvalue weighted by Gasteiger charge is 2.47. The summed E-state index contributed by atoms with van der Waals surface area (Å²) in [5.74, 6) is -0.0527. The van der Waals surface area contributed by atoms with E-state index in [1.54, 1.807) is 6.20 Å². The lowest BCUT2D eigenvalue weighted by Gasteiger charge is -2.41. The van der Waals surface area contributed by atoms with E-state index in [4.69, 9.17) is 0 Å². The van der Waals surface area contributed by atoms with E-state index in [2.05, 4.69) is 10.3 Å². The van der Waals surface area contributed by atoms with E-state index in [9.17, 15) is 9.59 Å². The van der Waals surface area contributed by atoms with Crippen LogP contribution < -0.4 is 5.32 Å². The van der Waals surface area contributed by atoms with Crippen LogP contribution in [0.5, 0.6) is 0 Å². The number of carbonyl (C=O) groups excluding carboxylic acids is 2. The molecule has 1 aliphatic rings. The molecular weight excluding hydrogens is 286 g/mol. The van der Waals surface area contributed by atoms with Crippen molar-refractivity contribution in [3.8, 4) is 0 Å². The molecule has 0 saturated carbocycles. The second-order valence-corrected chi connectivity index (χ2v) is 6.84. The molecule has 1 aromatic heterocycles. The fourth-order valence-corrected chi connectivity index (χ4v) is 3.63. The summed E-state index contributed by atoms with van der Waals surface area (Å²) in [7, 11) is 0. The predicted molar refractivity (Wildman–Crippen MR) is 82.9 cm³/mol. The van der Waals surface area contributed by atoms with Crippen LogP contribution >= 0.6 is 11.3 Å². The van der Waals surface area contributed by atoms with E-state index in [1.807, 2.05) is 38.0 Å². The molecule has 21 heavy (non-hydrogen) atoms. The molecule has 0 spiro atoms. The average Bonchev–Trinajstić information content (AvgIpc) is 2.95. The molecule has 0 atom stereocenters. The fourth-order valence-electron chi connectivity index (χ4n) is 2.86. The third-order valence-electron chi connectivity index (χ3n) is 4.43. The molecule has 6 heteroatoms. The average molecular weight is 309 g/mol. The van der Waals surface area contributed by atoms with Crippen molar-refractivity contribution in [1.82, 2.24) is 15.2 Å². The highest BCUT2D eigenvalue weighted by molar-refractivity contribution is 7.09. The van der Waals surface area contributed by atoms with E-state index in [0.29, 0.717) is 25.8 Å². The van der Waals surface area contributed by atoms with Crippen LogP contribution in [0.4, 0.5) is 0 Å². The summed E-state index contributed by atoms with van der Waals surface area (Å²) in [4.78, 5) is 31.3. The zero-order chi connectivity index (χ0) is 15.7. The van der Waals surface area contributed by atoms with Crippen molar-refractivity contribution in [1.29, 1.82) is 0 Å². The Morgan fingerprint density at radius 1 is 1.38 bits per heavy atom. The molecule has 0 radical (unpaired) electrons. The maximum Gasteiger partial charge on any atom is 0.249 e. The minimum atomic E-state index is -0.790. The van der Waals surface area contributed by atoms with Crippen molar-refractivity contribution in [3.05, 3.63) is 16.6 Å². The van der Waals surface area contributed by atoms with Crippen LogP contribution in [-0.4, -0.2) is 33.8 Å². The lowest BCUT2D eigenvalue weighted by atomic mass is 9.89. The Morgan fingerprint density at radius 3 is 2.57 bits per heavy atom. The molecule has 1 aromatic rings. The van der Waals surface area contributed by atoms with Crippen molar-refractivity contribution in [2.75, 3.05) is 6.54 Å². The van der Waals surface area contributed by atoms with Gasteiger partial charge < -0.3 is 10.2 Å². The van der Waals surface area contributed by atoms with E-state index in [0.717, 1.165) is 5.01 Å². The number of hydrogen-bond donors (Lipinski definition) is 1. The largest absolute Gasteiger partial charge is 0.342 e. The smallest absolute Gasteiger partial charge is 0.249 e. The predicted octanol–water partition coefficient (Wildman–Crippen LogP) is 2.29. The van der Waals surface area contributed by atoms with Gasteiger partial charge >= 0.3 is 0 Å². The van der Waals surface area contributed by atoms with Crippen molar-refractivity contribution in [2.45, 2.75) is 58.0 Å². The van der Waals surface area contributed by atoms with Crippen LogP contribution in [0.3, 0.4) is 0 Å². The summed E-state index contributed by atoms with van der Waals surface area (Å²) in [6.45, 7) is 8.31. The van der Waals surface area contributed by atoms with Gasteiger partial charge in [0.05, 0.1) is 5.54 Å². The monoisotopic (exact) mass is 309 g/mol. The Hall–Kier alpha value is -1.43. The third-order valence-corrected chi connectivity index (χ3v) is 5.52. The van der Waals surface area contributed by atoms with Gasteiger partial charge in [-0.3, -0.25) is 9.59 Å². The summed E-state index contributed by atoms with van der Waals surface area (Å²) in [6, 6.07) is 0. The Kier molecular flexibility index (Phi) is 4.37. The Bertz CT molecular complexity index is 521. The Balaban J connectivity index is 2.43. The Morgan fingerprint density at radius 2 is 2.05 bits per heavy atom. The van der Waals surface area contributed by atoms with Crippen LogP contribution in [0.15, 0.2) is 11.6 Å². The molecule has 1 N–H and O–H groups in total. The van der Waals surface area contributed by atoms with Crippen molar-refractivity contribution >= 4 is 23.2 Å². The van der Waals surface area contributed by atoms with Crippen LogP contribution in [-0.2, 0) is 15.1 Å². The van der Waals surface area contributed by atoms with Gasteiger partial charge in [-0.15, -0.1) is 11.3 Å². The first-order valence-electron chi connectivity index (χ1n) is 7.40. The second-order valence-electron chi connectivity index (χ2n) is 5.94. The number of thiazole rings is 1. The topological polar surface area (TPSA) is 62.3 Å². The van der Waals surface area contributed by atoms with Crippen LogP contribution in [0.1, 0.15) is 52.0 Å². The quantitative estimate of drug-likeness (QED) is 0.928. The van der Waals surface area contributed by atoms with Crippen molar-refractivity contribution in [2.24, 2.45) is 0 Å². The number of nitrogens with zero attached hydrogens (tertiary/aromatic N) is 2. The van der Waals surface area contributed by atoms with E-state index in [-0.39, 0.29) is 11.8 Å².